The Bertz CT molecular complexity index is 386. The van der Waals surface area contributed by atoms with Crippen molar-refractivity contribution in [2.75, 3.05) is 6.54 Å². The zero-order chi connectivity index (χ0) is 13.9. The molecule has 0 atom stereocenters. The van der Waals surface area contributed by atoms with Gasteiger partial charge in [0.15, 0.2) is 5.82 Å². The fourth-order valence-corrected chi connectivity index (χ4v) is 3.03. The lowest BCUT2D eigenvalue weighted by molar-refractivity contribution is 0.148. The Morgan fingerprint density at radius 1 is 1.21 bits per heavy atom. The summed E-state index contributed by atoms with van der Waals surface area (Å²) in [6, 6.07) is 0. The Morgan fingerprint density at radius 3 is 2.42 bits per heavy atom. The molecular formula is C15H27N3O. The minimum Gasteiger partial charge on any atom is -0.338 e. The van der Waals surface area contributed by atoms with Gasteiger partial charge >= 0.3 is 0 Å². The summed E-state index contributed by atoms with van der Waals surface area (Å²) in [5.41, 5.74) is 0.472. The molecule has 0 aliphatic heterocycles. The molecule has 1 aliphatic rings. The zero-order valence-corrected chi connectivity index (χ0v) is 12.7. The van der Waals surface area contributed by atoms with Crippen molar-refractivity contribution >= 4 is 0 Å². The molecule has 1 N–H and O–H groups in total. The molecule has 0 bridgehead atoms. The first-order chi connectivity index (χ1) is 8.95. The molecule has 2 rings (SSSR count). The van der Waals surface area contributed by atoms with Crippen LogP contribution in [-0.4, -0.2) is 16.7 Å². The van der Waals surface area contributed by atoms with Crippen molar-refractivity contribution in [2.24, 2.45) is 17.3 Å². The van der Waals surface area contributed by atoms with E-state index in [4.69, 9.17) is 4.52 Å². The monoisotopic (exact) mass is 265 g/mol. The molecule has 1 heterocycles. The summed E-state index contributed by atoms with van der Waals surface area (Å²) < 4.78 is 5.09. The van der Waals surface area contributed by atoms with Gasteiger partial charge in [-0.2, -0.15) is 4.98 Å². The van der Waals surface area contributed by atoms with Crippen molar-refractivity contribution < 1.29 is 4.52 Å². The Morgan fingerprint density at radius 2 is 1.89 bits per heavy atom. The molecule has 19 heavy (non-hydrogen) atoms. The quantitative estimate of drug-likeness (QED) is 0.907. The van der Waals surface area contributed by atoms with Crippen LogP contribution in [0.4, 0.5) is 0 Å². The fraction of sp³-hybridized carbons (Fsp3) is 0.867. The maximum atomic E-state index is 5.09. The molecule has 1 aliphatic carbocycles. The molecule has 1 aromatic heterocycles. The van der Waals surface area contributed by atoms with E-state index in [9.17, 15) is 0 Å². The van der Waals surface area contributed by atoms with Gasteiger partial charge in [-0.1, -0.05) is 25.9 Å². The van der Waals surface area contributed by atoms with Crippen LogP contribution in [0.25, 0.3) is 0 Å². The van der Waals surface area contributed by atoms with Gasteiger partial charge in [0, 0.05) is 0 Å². The Balaban J connectivity index is 1.66. The Hall–Kier alpha value is -0.900. The van der Waals surface area contributed by atoms with Crippen molar-refractivity contribution in [3.63, 3.8) is 0 Å². The topological polar surface area (TPSA) is 51.0 Å². The van der Waals surface area contributed by atoms with Crippen molar-refractivity contribution in [1.82, 2.24) is 15.5 Å². The van der Waals surface area contributed by atoms with Crippen molar-refractivity contribution in [2.45, 2.75) is 59.9 Å². The summed E-state index contributed by atoms with van der Waals surface area (Å²) in [7, 11) is 0. The molecule has 108 valence electrons. The van der Waals surface area contributed by atoms with Crippen molar-refractivity contribution in [3.05, 3.63) is 11.7 Å². The number of nitrogens with zero attached hydrogens (tertiary/aromatic N) is 2. The molecule has 1 fully saturated rings. The molecule has 4 heteroatoms. The van der Waals surface area contributed by atoms with Gasteiger partial charge in [-0.3, -0.25) is 0 Å². The molecule has 1 aromatic rings. The number of hydrogen-bond acceptors (Lipinski definition) is 4. The summed E-state index contributed by atoms with van der Waals surface area (Å²) in [4.78, 5) is 4.20. The number of hydrogen-bond donors (Lipinski definition) is 1. The molecular weight excluding hydrogens is 238 g/mol. The molecule has 0 saturated heterocycles. The summed E-state index contributed by atoms with van der Waals surface area (Å²) in [5.74, 6) is 3.10. The minimum absolute atomic E-state index is 0.472. The number of aryl methyl sites for hydroxylation is 1. The highest BCUT2D eigenvalue weighted by molar-refractivity contribution is 4.84. The van der Waals surface area contributed by atoms with Crippen LogP contribution < -0.4 is 5.32 Å². The third-order valence-electron chi connectivity index (χ3n) is 4.35. The molecule has 4 nitrogen and oxygen atoms in total. The predicted molar refractivity (Wildman–Crippen MR) is 75.6 cm³/mol. The first-order valence-electron chi connectivity index (χ1n) is 7.45. The maximum Gasteiger partial charge on any atom is 0.240 e. The van der Waals surface area contributed by atoms with Gasteiger partial charge in [0.1, 0.15) is 0 Å². The zero-order valence-electron chi connectivity index (χ0n) is 12.7. The fourth-order valence-electron chi connectivity index (χ4n) is 3.03. The van der Waals surface area contributed by atoms with Crippen molar-refractivity contribution in [3.8, 4) is 0 Å². The van der Waals surface area contributed by atoms with E-state index in [0.717, 1.165) is 18.4 Å². The highest BCUT2D eigenvalue weighted by atomic mass is 16.5. The van der Waals surface area contributed by atoms with E-state index in [1.807, 2.05) is 6.92 Å². The van der Waals surface area contributed by atoms with Gasteiger partial charge in [0.05, 0.1) is 6.54 Å². The lowest BCUT2D eigenvalue weighted by atomic mass is 9.70. The Kier molecular flexibility index (Phi) is 4.61. The summed E-state index contributed by atoms with van der Waals surface area (Å²) in [6.45, 7) is 10.7. The van der Waals surface area contributed by atoms with Crippen LogP contribution in [0.15, 0.2) is 4.52 Å². The maximum absolute atomic E-state index is 5.09. The van der Waals surface area contributed by atoms with E-state index in [0.29, 0.717) is 23.7 Å². The minimum atomic E-state index is 0.472. The number of aromatic nitrogens is 2. The van der Waals surface area contributed by atoms with E-state index in [2.05, 4.69) is 36.2 Å². The molecule has 1 saturated carbocycles. The molecule has 0 amide bonds. The molecule has 0 aromatic carbocycles. The van der Waals surface area contributed by atoms with E-state index in [1.165, 1.54) is 25.7 Å². The lowest BCUT2D eigenvalue weighted by Gasteiger charge is -2.37. The molecule has 0 unspecified atom stereocenters. The highest BCUT2D eigenvalue weighted by Crippen LogP contribution is 2.39. The van der Waals surface area contributed by atoms with Gasteiger partial charge in [-0.25, -0.2) is 0 Å². The summed E-state index contributed by atoms with van der Waals surface area (Å²) in [6.07, 6.45) is 5.43. The van der Waals surface area contributed by atoms with Crippen LogP contribution in [-0.2, 0) is 6.54 Å². The third kappa shape index (κ3) is 4.30. The van der Waals surface area contributed by atoms with E-state index in [1.54, 1.807) is 0 Å². The largest absolute Gasteiger partial charge is 0.338 e. The average molecular weight is 265 g/mol. The van der Waals surface area contributed by atoms with Crippen LogP contribution in [0.3, 0.4) is 0 Å². The van der Waals surface area contributed by atoms with Gasteiger partial charge < -0.3 is 9.84 Å². The second-order valence-electron chi connectivity index (χ2n) is 6.95. The van der Waals surface area contributed by atoms with Crippen LogP contribution in [0.2, 0.25) is 0 Å². The van der Waals surface area contributed by atoms with Crippen LogP contribution in [0.1, 0.15) is 58.2 Å². The van der Waals surface area contributed by atoms with Gasteiger partial charge in [-0.15, -0.1) is 0 Å². The standard InChI is InChI=1S/C15H27N3O/c1-11-17-14(19-18-11)10-16-9-12-5-7-13(8-6-12)15(2,3)4/h12-13,16H,5-10H2,1-4H3. The molecule has 0 radical (unpaired) electrons. The van der Waals surface area contributed by atoms with Gasteiger partial charge in [-0.05, 0) is 56.4 Å². The first kappa shape index (κ1) is 14.5. The average Bonchev–Trinajstić information content (AvgIpc) is 2.75. The van der Waals surface area contributed by atoms with Crippen LogP contribution >= 0.6 is 0 Å². The van der Waals surface area contributed by atoms with Gasteiger partial charge in [0.2, 0.25) is 5.89 Å². The normalized spacial score (nSPS) is 24.6. The van der Waals surface area contributed by atoms with Gasteiger partial charge in [0.25, 0.3) is 0 Å². The summed E-state index contributed by atoms with van der Waals surface area (Å²) in [5, 5.41) is 7.23. The second kappa shape index (κ2) is 6.04. The number of nitrogens with one attached hydrogen (secondary N) is 1. The Labute approximate surface area is 116 Å². The van der Waals surface area contributed by atoms with Crippen molar-refractivity contribution in [1.29, 1.82) is 0 Å². The number of rotatable bonds is 4. The lowest BCUT2D eigenvalue weighted by Crippen LogP contribution is -2.30. The first-order valence-corrected chi connectivity index (χ1v) is 7.45. The predicted octanol–water partition coefficient (Wildman–Crippen LogP) is 3.32. The summed E-state index contributed by atoms with van der Waals surface area (Å²) >= 11 is 0. The third-order valence-corrected chi connectivity index (χ3v) is 4.35. The smallest absolute Gasteiger partial charge is 0.240 e. The SMILES string of the molecule is Cc1noc(CNCC2CCC(C(C)(C)C)CC2)n1. The van der Waals surface area contributed by atoms with Crippen LogP contribution in [0.5, 0.6) is 0 Å². The van der Waals surface area contributed by atoms with E-state index >= 15 is 0 Å². The highest BCUT2D eigenvalue weighted by Gasteiger charge is 2.29. The second-order valence-corrected chi connectivity index (χ2v) is 6.95. The van der Waals surface area contributed by atoms with E-state index in [-0.39, 0.29) is 0 Å². The van der Waals surface area contributed by atoms with Crippen LogP contribution in [0, 0.1) is 24.2 Å². The van der Waals surface area contributed by atoms with E-state index < -0.39 is 0 Å². The molecule has 0 spiro atoms.